The van der Waals surface area contributed by atoms with E-state index in [9.17, 15) is 4.79 Å². The normalized spacial score (nSPS) is 18.9. The third-order valence-corrected chi connectivity index (χ3v) is 6.54. The van der Waals surface area contributed by atoms with Crippen LogP contribution >= 0.6 is 11.8 Å². The highest BCUT2D eigenvalue weighted by Gasteiger charge is 2.25. The van der Waals surface area contributed by atoms with Crippen molar-refractivity contribution in [1.29, 1.82) is 0 Å². The van der Waals surface area contributed by atoms with Crippen LogP contribution in [0.4, 0.5) is 0 Å². The van der Waals surface area contributed by atoms with Gasteiger partial charge in [-0.3, -0.25) is 4.79 Å². The fraction of sp³-hybridized carbons (Fsp3) is 0.273. The number of benzene rings is 2. The molecule has 1 atom stereocenters. The van der Waals surface area contributed by atoms with Gasteiger partial charge in [-0.05, 0) is 36.2 Å². The Morgan fingerprint density at radius 3 is 2.89 bits per heavy atom. The highest BCUT2D eigenvalue weighted by Crippen LogP contribution is 2.40. The lowest BCUT2D eigenvalue weighted by Crippen LogP contribution is -2.33. The molecule has 5 rings (SSSR count). The molecule has 1 saturated heterocycles. The van der Waals surface area contributed by atoms with Gasteiger partial charge in [0, 0.05) is 29.5 Å². The Balaban J connectivity index is 1.31. The number of para-hydroxylation sites is 1. The highest BCUT2D eigenvalue weighted by molar-refractivity contribution is 7.99. The molecule has 2 aromatic carbocycles. The predicted octanol–water partition coefficient (Wildman–Crippen LogP) is 4.28. The van der Waals surface area contributed by atoms with E-state index in [0.717, 1.165) is 47.7 Å². The van der Waals surface area contributed by atoms with Crippen molar-refractivity contribution in [1.82, 2.24) is 9.88 Å². The molecule has 1 fully saturated rings. The Morgan fingerprint density at radius 2 is 1.93 bits per heavy atom. The molecule has 2 aliphatic heterocycles. The number of aromatic nitrogens is 1. The fourth-order valence-corrected chi connectivity index (χ4v) is 4.92. The van der Waals surface area contributed by atoms with Crippen molar-refractivity contribution in [3.05, 3.63) is 65.9 Å². The largest absolute Gasteiger partial charge is 0.454 e. The predicted molar refractivity (Wildman–Crippen MR) is 110 cm³/mol. The van der Waals surface area contributed by atoms with Gasteiger partial charge in [0.25, 0.3) is 5.91 Å². The molecule has 1 amide bonds. The number of hydrogen-bond acceptors (Lipinski definition) is 5. The first-order chi connectivity index (χ1) is 13.8. The SMILES string of the molecule is O=C(c1ccc2ccccc2n1)N1CCSC(c2ccc3c(c2)OCO3)CC1. The summed E-state index contributed by atoms with van der Waals surface area (Å²) >= 11 is 1.89. The zero-order valence-corrected chi connectivity index (χ0v) is 16.2. The van der Waals surface area contributed by atoms with E-state index in [-0.39, 0.29) is 12.7 Å². The van der Waals surface area contributed by atoms with Crippen molar-refractivity contribution in [2.45, 2.75) is 11.7 Å². The summed E-state index contributed by atoms with van der Waals surface area (Å²) in [5, 5.41) is 1.39. The monoisotopic (exact) mass is 392 g/mol. The number of nitrogens with zero attached hydrogens (tertiary/aromatic N) is 2. The van der Waals surface area contributed by atoms with Gasteiger partial charge in [-0.2, -0.15) is 11.8 Å². The topological polar surface area (TPSA) is 51.7 Å². The Hall–Kier alpha value is -2.73. The standard InChI is InChI=1S/C22H20N2O3S/c25-22(18-7-5-15-3-1-2-4-17(15)23-18)24-10-9-21(28-12-11-24)16-6-8-19-20(13-16)27-14-26-19/h1-8,13,21H,9-12,14H2. The molecule has 1 unspecified atom stereocenters. The molecular weight excluding hydrogens is 372 g/mol. The summed E-state index contributed by atoms with van der Waals surface area (Å²) in [7, 11) is 0. The summed E-state index contributed by atoms with van der Waals surface area (Å²) in [6.45, 7) is 1.75. The lowest BCUT2D eigenvalue weighted by molar-refractivity contribution is 0.0761. The second kappa shape index (κ2) is 7.36. The maximum atomic E-state index is 13.0. The van der Waals surface area contributed by atoms with Crippen LogP contribution in [0.3, 0.4) is 0 Å². The van der Waals surface area contributed by atoms with Gasteiger partial charge in [0.1, 0.15) is 5.69 Å². The minimum atomic E-state index is 0.0117. The quantitative estimate of drug-likeness (QED) is 0.651. The summed E-state index contributed by atoms with van der Waals surface area (Å²) in [6.07, 6.45) is 0.906. The molecule has 0 spiro atoms. The Labute approximate surface area is 167 Å². The summed E-state index contributed by atoms with van der Waals surface area (Å²) in [5.41, 5.74) is 2.60. The van der Waals surface area contributed by atoms with E-state index in [2.05, 4.69) is 17.1 Å². The molecule has 0 radical (unpaired) electrons. The molecule has 3 heterocycles. The molecule has 2 aliphatic rings. The Bertz CT molecular complexity index is 1040. The third-order valence-electron chi connectivity index (χ3n) is 5.21. The number of pyridine rings is 1. The lowest BCUT2D eigenvalue weighted by atomic mass is 10.1. The number of fused-ring (bicyclic) bond motifs is 2. The van der Waals surface area contributed by atoms with E-state index in [4.69, 9.17) is 9.47 Å². The van der Waals surface area contributed by atoms with E-state index in [1.54, 1.807) is 0 Å². The molecule has 142 valence electrons. The molecule has 0 aliphatic carbocycles. The van der Waals surface area contributed by atoms with Gasteiger partial charge in [-0.15, -0.1) is 0 Å². The highest BCUT2D eigenvalue weighted by atomic mass is 32.2. The lowest BCUT2D eigenvalue weighted by Gasteiger charge is -2.20. The molecular formula is C22H20N2O3S. The summed E-state index contributed by atoms with van der Waals surface area (Å²) in [5.74, 6) is 2.54. The third kappa shape index (κ3) is 3.29. The van der Waals surface area contributed by atoms with Crippen molar-refractivity contribution < 1.29 is 14.3 Å². The first-order valence-corrected chi connectivity index (χ1v) is 10.5. The van der Waals surface area contributed by atoms with E-state index < -0.39 is 0 Å². The van der Waals surface area contributed by atoms with Crippen molar-refractivity contribution in [2.75, 3.05) is 25.6 Å². The van der Waals surface area contributed by atoms with Crippen molar-refractivity contribution in [3.63, 3.8) is 0 Å². The van der Waals surface area contributed by atoms with E-state index in [1.807, 2.05) is 59.1 Å². The van der Waals surface area contributed by atoms with Gasteiger partial charge in [0.2, 0.25) is 6.79 Å². The van der Waals surface area contributed by atoms with Crippen molar-refractivity contribution in [3.8, 4) is 11.5 Å². The molecule has 0 saturated carbocycles. The van der Waals surface area contributed by atoms with Crippen LogP contribution in [-0.2, 0) is 0 Å². The maximum Gasteiger partial charge on any atom is 0.272 e. The van der Waals surface area contributed by atoms with Crippen molar-refractivity contribution in [2.24, 2.45) is 0 Å². The number of carbonyl (C=O) groups is 1. The van der Waals surface area contributed by atoms with Crippen LogP contribution in [0.25, 0.3) is 10.9 Å². The molecule has 1 aromatic heterocycles. The summed E-state index contributed by atoms with van der Waals surface area (Å²) < 4.78 is 10.9. The molecule has 5 nitrogen and oxygen atoms in total. The number of rotatable bonds is 2. The zero-order chi connectivity index (χ0) is 18.9. The van der Waals surface area contributed by atoms with Crippen LogP contribution in [0.15, 0.2) is 54.6 Å². The van der Waals surface area contributed by atoms with Gasteiger partial charge < -0.3 is 14.4 Å². The van der Waals surface area contributed by atoms with Gasteiger partial charge >= 0.3 is 0 Å². The molecule has 0 bridgehead atoms. The van der Waals surface area contributed by atoms with Gasteiger partial charge in [-0.1, -0.05) is 30.3 Å². The van der Waals surface area contributed by atoms with E-state index in [0.29, 0.717) is 10.9 Å². The Morgan fingerprint density at radius 1 is 1.04 bits per heavy atom. The van der Waals surface area contributed by atoms with Crippen LogP contribution in [0.1, 0.15) is 27.7 Å². The first kappa shape index (κ1) is 17.4. The van der Waals surface area contributed by atoms with Crippen LogP contribution < -0.4 is 9.47 Å². The van der Waals surface area contributed by atoms with Crippen LogP contribution in [-0.4, -0.2) is 41.4 Å². The number of ether oxygens (including phenoxy) is 2. The average molecular weight is 392 g/mol. The fourth-order valence-electron chi connectivity index (χ4n) is 3.70. The van der Waals surface area contributed by atoms with Crippen LogP contribution in [0, 0.1) is 0 Å². The van der Waals surface area contributed by atoms with Gasteiger partial charge in [0.15, 0.2) is 11.5 Å². The van der Waals surface area contributed by atoms with Gasteiger partial charge in [0.05, 0.1) is 5.52 Å². The van der Waals surface area contributed by atoms with E-state index >= 15 is 0 Å². The maximum absolute atomic E-state index is 13.0. The van der Waals surface area contributed by atoms with Crippen molar-refractivity contribution >= 4 is 28.6 Å². The number of thioether (sulfide) groups is 1. The second-order valence-corrected chi connectivity index (χ2v) is 8.25. The molecule has 0 N–H and O–H groups in total. The second-order valence-electron chi connectivity index (χ2n) is 6.94. The minimum Gasteiger partial charge on any atom is -0.454 e. The average Bonchev–Trinajstić information content (AvgIpc) is 3.07. The molecule has 28 heavy (non-hydrogen) atoms. The van der Waals surface area contributed by atoms with Gasteiger partial charge in [-0.25, -0.2) is 4.98 Å². The zero-order valence-electron chi connectivity index (χ0n) is 15.3. The Kier molecular flexibility index (Phi) is 4.56. The number of carbonyl (C=O) groups excluding carboxylic acids is 1. The van der Waals surface area contributed by atoms with Crippen LogP contribution in [0.5, 0.6) is 11.5 Å². The number of hydrogen-bond donors (Lipinski definition) is 0. The smallest absolute Gasteiger partial charge is 0.272 e. The summed E-state index contributed by atoms with van der Waals surface area (Å²) in [4.78, 5) is 19.5. The van der Waals surface area contributed by atoms with E-state index in [1.165, 1.54) is 5.56 Å². The molecule has 6 heteroatoms. The minimum absolute atomic E-state index is 0.0117. The number of amides is 1. The first-order valence-electron chi connectivity index (χ1n) is 9.44. The molecule has 3 aromatic rings. The summed E-state index contributed by atoms with van der Waals surface area (Å²) in [6, 6.07) is 17.8. The van der Waals surface area contributed by atoms with Crippen LogP contribution in [0.2, 0.25) is 0 Å².